The van der Waals surface area contributed by atoms with Crippen LogP contribution >= 0.6 is 0 Å². The van der Waals surface area contributed by atoms with Gasteiger partial charge in [0.15, 0.2) is 0 Å². The number of nitrogen functional groups attached to an aromatic ring is 1. The van der Waals surface area contributed by atoms with Crippen LogP contribution in [0.5, 0.6) is 5.88 Å². The highest BCUT2D eigenvalue weighted by Crippen LogP contribution is 2.27. The van der Waals surface area contributed by atoms with Crippen molar-refractivity contribution in [1.82, 2.24) is 4.98 Å². The van der Waals surface area contributed by atoms with Gasteiger partial charge in [0.25, 0.3) is 0 Å². The Morgan fingerprint density at radius 3 is 2.63 bits per heavy atom. The van der Waals surface area contributed by atoms with E-state index < -0.39 is 5.97 Å². The van der Waals surface area contributed by atoms with E-state index in [1.165, 1.54) is 39.0 Å². The molecular formula is C14H20N2O3. The lowest BCUT2D eigenvalue weighted by molar-refractivity contribution is 0.0601. The first-order chi connectivity index (χ1) is 9.22. The highest BCUT2D eigenvalue weighted by atomic mass is 16.5. The summed E-state index contributed by atoms with van der Waals surface area (Å²) in [6, 6.07) is 1.54. The van der Waals surface area contributed by atoms with Crippen molar-refractivity contribution >= 4 is 11.7 Å². The maximum absolute atomic E-state index is 11.5. The second kappa shape index (κ2) is 6.41. The first kappa shape index (κ1) is 13.6. The molecule has 1 aromatic heterocycles. The molecule has 0 atom stereocenters. The number of hydrogen-bond donors (Lipinski definition) is 1. The fraction of sp³-hybridized carbons (Fsp3) is 0.571. The number of carbonyl (C=O) groups is 1. The molecule has 0 aromatic carbocycles. The van der Waals surface area contributed by atoms with Crippen LogP contribution in [0.25, 0.3) is 0 Å². The topological polar surface area (TPSA) is 74.4 Å². The molecule has 1 saturated carbocycles. The highest BCUT2D eigenvalue weighted by molar-refractivity contribution is 5.95. The third-order valence-corrected chi connectivity index (χ3v) is 3.44. The molecule has 1 heterocycles. The molecule has 1 aromatic rings. The summed E-state index contributed by atoms with van der Waals surface area (Å²) < 4.78 is 10.5. The van der Waals surface area contributed by atoms with Crippen LogP contribution in [0.15, 0.2) is 12.3 Å². The number of anilines is 1. The largest absolute Gasteiger partial charge is 0.473 e. The molecule has 0 spiro atoms. The van der Waals surface area contributed by atoms with E-state index in [0.717, 1.165) is 12.8 Å². The number of aromatic nitrogens is 1. The normalized spacial score (nSPS) is 16.7. The van der Waals surface area contributed by atoms with Crippen molar-refractivity contribution in [3.05, 3.63) is 17.8 Å². The van der Waals surface area contributed by atoms with Crippen LogP contribution in [0.4, 0.5) is 5.69 Å². The molecule has 2 rings (SSSR count). The molecule has 0 aliphatic heterocycles. The van der Waals surface area contributed by atoms with Gasteiger partial charge < -0.3 is 15.2 Å². The van der Waals surface area contributed by atoms with Gasteiger partial charge in [0, 0.05) is 6.20 Å². The second-order valence-electron chi connectivity index (χ2n) is 4.80. The zero-order valence-electron chi connectivity index (χ0n) is 11.2. The number of methoxy groups -OCH3 is 1. The smallest absolute Gasteiger partial charge is 0.340 e. The van der Waals surface area contributed by atoms with Crippen LogP contribution < -0.4 is 10.5 Å². The number of esters is 1. The molecular weight excluding hydrogens is 244 g/mol. The predicted octanol–water partition coefficient (Wildman–Crippen LogP) is 2.55. The Labute approximate surface area is 113 Å². The van der Waals surface area contributed by atoms with E-state index in [-0.39, 0.29) is 11.8 Å². The molecule has 104 valence electrons. The zero-order valence-corrected chi connectivity index (χ0v) is 11.2. The molecule has 1 aliphatic carbocycles. The molecule has 19 heavy (non-hydrogen) atoms. The van der Waals surface area contributed by atoms with Gasteiger partial charge in [0.05, 0.1) is 12.7 Å². The number of pyridine rings is 1. The van der Waals surface area contributed by atoms with Gasteiger partial charge in [-0.3, -0.25) is 0 Å². The minimum Gasteiger partial charge on any atom is -0.473 e. The van der Waals surface area contributed by atoms with Crippen molar-refractivity contribution in [3.8, 4) is 5.88 Å². The number of hydrogen-bond acceptors (Lipinski definition) is 5. The third-order valence-electron chi connectivity index (χ3n) is 3.44. The van der Waals surface area contributed by atoms with Gasteiger partial charge in [-0.15, -0.1) is 0 Å². The summed E-state index contributed by atoms with van der Waals surface area (Å²) in [4.78, 5) is 15.7. The number of nitrogens with two attached hydrogens (primary N) is 1. The fourth-order valence-electron chi connectivity index (χ4n) is 2.35. The molecule has 0 amide bonds. The van der Waals surface area contributed by atoms with E-state index in [2.05, 4.69) is 9.72 Å². The Hall–Kier alpha value is -1.78. The van der Waals surface area contributed by atoms with Crippen LogP contribution in [0.2, 0.25) is 0 Å². The zero-order chi connectivity index (χ0) is 13.7. The first-order valence-corrected chi connectivity index (χ1v) is 6.72. The number of nitrogens with zero attached hydrogens (tertiary/aromatic N) is 1. The summed E-state index contributed by atoms with van der Waals surface area (Å²) in [5.74, 6) is -0.125. The quantitative estimate of drug-likeness (QED) is 0.670. The molecule has 2 N–H and O–H groups in total. The molecule has 0 unspecified atom stereocenters. The van der Waals surface area contributed by atoms with Crippen molar-refractivity contribution in [2.75, 3.05) is 12.8 Å². The summed E-state index contributed by atoms with van der Waals surface area (Å²) in [6.07, 6.45) is 8.55. The first-order valence-electron chi connectivity index (χ1n) is 6.72. The molecule has 5 heteroatoms. The van der Waals surface area contributed by atoms with Crippen molar-refractivity contribution in [3.63, 3.8) is 0 Å². The average Bonchev–Trinajstić information content (AvgIpc) is 2.69. The number of rotatable bonds is 3. The van der Waals surface area contributed by atoms with Gasteiger partial charge >= 0.3 is 5.97 Å². The minimum absolute atomic E-state index is 0.144. The van der Waals surface area contributed by atoms with E-state index in [9.17, 15) is 4.79 Å². The van der Waals surface area contributed by atoms with Crippen LogP contribution in [-0.2, 0) is 4.74 Å². The standard InChI is InChI=1S/C14H20N2O3/c1-18-14(17)11-8-9-16-13(12(11)15)19-10-6-4-2-3-5-7-10/h8-10H,2-7,15H2,1H3. The molecule has 5 nitrogen and oxygen atoms in total. The van der Waals surface area contributed by atoms with Crippen LogP contribution in [0.1, 0.15) is 48.9 Å². The van der Waals surface area contributed by atoms with Gasteiger partial charge in [0.2, 0.25) is 5.88 Å². The van der Waals surface area contributed by atoms with Gasteiger partial charge in [0.1, 0.15) is 11.8 Å². The molecule has 1 fully saturated rings. The highest BCUT2D eigenvalue weighted by Gasteiger charge is 2.19. The van der Waals surface area contributed by atoms with E-state index >= 15 is 0 Å². The summed E-state index contributed by atoms with van der Waals surface area (Å²) in [5.41, 5.74) is 6.50. The van der Waals surface area contributed by atoms with Gasteiger partial charge in [-0.1, -0.05) is 12.8 Å². The van der Waals surface area contributed by atoms with Gasteiger partial charge in [-0.2, -0.15) is 0 Å². The third kappa shape index (κ3) is 3.36. The Morgan fingerprint density at radius 2 is 2.00 bits per heavy atom. The molecule has 0 saturated heterocycles. The number of ether oxygens (including phenoxy) is 2. The SMILES string of the molecule is COC(=O)c1ccnc(OC2CCCCCC2)c1N. The molecule has 0 radical (unpaired) electrons. The maximum Gasteiger partial charge on any atom is 0.340 e. The average molecular weight is 264 g/mol. The maximum atomic E-state index is 11.5. The van der Waals surface area contributed by atoms with Crippen molar-refractivity contribution in [2.45, 2.75) is 44.6 Å². The van der Waals surface area contributed by atoms with E-state index in [0.29, 0.717) is 11.4 Å². The predicted molar refractivity (Wildman–Crippen MR) is 72.1 cm³/mol. The van der Waals surface area contributed by atoms with Gasteiger partial charge in [-0.05, 0) is 31.7 Å². The summed E-state index contributed by atoms with van der Waals surface area (Å²) in [6.45, 7) is 0. The van der Waals surface area contributed by atoms with Crippen LogP contribution in [0, 0.1) is 0 Å². The number of carbonyl (C=O) groups excluding carboxylic acids is 1. The lowest BCUT2D eigenvalue weighted by Crippen LogP contribution is -2.18. The van der Waals surface area contributed by atoms with Crippen molar-refractivity contribution in [1.29, 1.82) is 0 Å². The monoisotopic (exact) mass is 264 g/mol. The van der Waals surface area contributed by atoms with E-state index in [4.69, 9.17) is 10.5 Å². The lowest BCUT2D eigenvalue weighted by atomic mass is 10.1. The molecule has 0 bridgehead atoms. The Morgan fingerprint density at radius 1 is 1.32 bits per heavy atom. The Balaban J connectivity index is 2.13. The van der Waals surface area contributed by atoms with Crippen LogP contribution in [0.3, 0.4) is 0 Å². The molecule has 1 aliphatic rings. The van der Waals surface area contributed by atoms with Gasteiger partial charge in [-0.25, -0.2) is 9.78 Å². The lowest BCUT2D eigenvalue weighted by Gasteiger charge is -2.17. The minimum atomic E-state index is -0.467. The van der Waals surface area contributed by atoms with Crippen molar-refractivity contribution < 1.29 is 14.3 Å². The van der Waals surface area contributed by atoms with Crippen LogP contribution in [-0.4, -0.2) is 24.2 Å². The summed E-state index contributed by atoms with van der Waals surface area (Å²) in [5, 5.41) is 0. The van der Waals surface area contributed by atoms with E-state index in [1.54, 1.807) is 6.07 Å². The Bertz CT molecular complexity index is 440. The summed E-state index contributed by atoms with van der Waals surface area (Å²) >= 11 is 0. The van der Waals surface area contributed by atoms with Crippen molar-refractivity contribution in [2.24, 2.45) is 0 Å². The van der Waals surface area contributed by atoms with E-state index in [1.807, 2.05) is 0 Å². The summed E-state index contributed by atoms with van der Waals surface area (Å²) in [7, 11) is 1.33. The second-order valence-corrected chi connectivity index (χ2v) is 4.80. The fourth-order valence-corrected chi connectivity index (χ4v) is 2.35. The Kier molecular flexibility index (Phi) is 4.60.